The van der Waals surface area contributed by atoms with Crippen LogP contribution in [0.2, 0.25) is 0 Å². The van der Waals surface area contributed by atoms with Crippen LogP contribution in [0.5, 0.6) is 0 Å². The van der Waals surface area contributed by atoms with Gasteiger partial charge >= 0.3 is 7.82 Å². The van der Waals surface area contributed by atoms with Gasteiger partial charge in [-0.3, -0.25) is 13.8 Å². The third-order valence-corrected chi connectivity index (χ3v) is 13.5. The lowest BCUT2D eigenvalue weighted by atomic mass is 10.0. The van der Waals surface area contributed by atoms with E-state index in [2.05, 4.69) is 31.3 Å². The Morgan fingerprint density at radius 2 is 0.871 bits per heavy atom. The number of rotatable bonds is 50. The molecule has 0 aromatic carbocycles. The van der Waals surface area contributed by atoms with Crippen LogP contribution >= 0.6 is 7.82 Å². The molecule has 0 saturated carbocycles. The van der Waals surface area contributed by atoms with Gasteiger partial charge in [0.15, 0.2) is 0 Å². The van der Waals surface area contributed by atoms with E-state index in [-0.39, 0.29) is 19.1 Å². The Hall–Kier alpha value is -0.760. The second kappa shape index (κ2) is 45.4. The standard InChI is InChI=1S/C53H107N2O6P/c1-6-8-10-12-14-15-16-17-18-19-20-21-22-23-24-25-26-27-28-29-30-31-32-33-34-35-36-37-38-39-41-43-45-47-53(57)54-51(52(56)46-44-42-40-13-11-9-7-2)50-61-62(58,59)60-49-48-55(3,4)5/h19-20,51-52,56H,6-18,21-50H2,1-5H3,(H-,54,57,58,59)/p+1/b20-19-. The van der Waals surface area contributed by atoms with Gasteiger partial charge in [-0.1, -0.05) is 238 Å². The van der Waals surface area contributed by atoms with Gasteiger partial charge in [-0.25, -0.2) is 4.57 Å². The molecule has 0 aliphatic carbocycles. The molecule has 3 N–H and O–H groups in total. The lowest BCUT2D eigenvalue weighted by Gasteiger charge is -2.26. The third-order valence-electron chi connectivity index (χ3n) is 12.5. The number of aliphatic hydroxyl groups is 1. The van der Waals surface area contributed by atoms with Crippen molar-refractivity contribution in [1.29, 1.82) is 0 Å². The summed E-state index contributed by atoms with van der Waals surface area (Å²) in [6.07, 6.45) is 54.5. The zero-order chi connectivity index (χ0) is 45.7. The molecule has 0 heterocycles. The lowest BCUT2D eigenvalue weighted by Crippen LogP contribution is -2.46. The van der Waals surface area contributed by atoms with Crippen molar-refractivity contribution in [2.24, 2.45) is 0 Å². The normalized spacial score (nSPS) is 14.1. The number of aliphatic hydroxyl groups excluding tert-OH is 1. The fourth-order valence-corrected chi connectivity index (χ4v) is 8.96. The molecule has 0 saturated heterocycles. The van der Waals surface area contributed by atoms with Crippen molar-refractivity contribution in [2.75, 3.05) is 40.9 Å². The van der Waals surface area contributed by atoms with Crippen molar-refractivity contribution in [3.05, 3.63) is 12.2 Å². The number of amides is 1. The molecule has 0 aromatic rings. The minimum absolute atomic E-state index is 0.0770. The maximum Gasteiger partial charge on any atom is 0.472 e. The van der Waals surface area contributed by atoms with Crippen molar-refractivity contribution in [3.63, 3.8) is 0 Å². The average molecular weight is 900 g/mol. The summed E-state index contributed by atoms with van der Waals surface area (Å²) in [7, 11) is 1.62. The monoisotopic (exact) mass is 900 g/mol. The van der Waals surface area contributed by atoms with Crippen LogP contribution in [-0.2, 0) is 18.4 Å². The molecule has 0 spiro atoms. The van der Waals surface area contributed by atoms with Crippen molar-refractivity contribution in [2.45, 2.75) is 283 Å². The van der Waals surface area contributed by atoms with Crippen LogP contribution in [0, 0.1) is 0 Å². The van der Waals surface area contributed by atoms with Crippen LogP contribution in [0.15, 0.2) is 12.2 Å². The van der Waals surface area contributed by atoms with Crippen molar-refractivity contribution in [1.82, 2.24) is 5.32 Å². The van der Waals surface area contributed by atoms with E-state index in [0.29, 0.717) is 23.9 Å². The quantitative estimate of drug-likeness (QED) is 0.0243. The molecule has 0 aromatic heterocycles. The minimum Gasteiger partial charge on any atom is -0.391 e. The molecule has 3 unspecified atom stereocenters. The van der Waals surface area contributed by atoms with E-state index in [4.69, 9.17) is 9.05 Å². The Labute approximate surface area is 386 Å². The van der Waals surface area contributed by atoms with E-state index < -0.39 is 20.0 Å². The zero-order valence-corrected chi connectivity index (χ0v) is 43.0. The van der Waals surface area contributed by atoms with Gasteiger partial charge < -0.3 is 19.8 Å². The molecular formula is C53H108N2O6P+. The Bertz CT molecular complexity index is 1020. The van der Waals surface area contributed by atoms with E-state index in [1.807, 2.05) is 21.1 Å². The van der Waals surface area contributed by atoms with Gasteiger partial charge in [-0.05, 0) is 38.5 Å². The third kappa shape index (κ3) is 47.2. The van der Waals surface area contributed by atoms with Crippen LogP contribution in [0.4, 0.5) is 0 Å². The summed E-state index contributed by atoms with van der Waals surface area (Å²) >= 11 is 0. The maximum absolute atomic E-state index is 12.9. The number of carbonyl (C=O) groups is 1. The van der Waals surface area contributed by atoms with Crippen LogP contribution in [-0.4, -0.2) is 73.4 Å². The van der Waals surface area contributed by atoms with Crippen LogP contribution in [0.3, 0.4) is 0 Å². The summed E-state index contributed by atoms with van der Waals surface area (Å²) in [5, 5.41) is 13.9. The summed E-state index contributed by atoms with van der Waals surface area (Å²) in [6, 6.07) is -0.753. The molecule has 0 fully saturated rings. The molecule has 9 heteroatoms. The number of hydrogen-bond acceptors (Lipinski definition) is 5. The Kier molecular flexibility index (Phi) is 44.8. The predicted molar refractivity (Wildman–Crippen MR) is 268 cm³/mol. The highest BCUT2D eigenvalue weighted by atomic mass is 31.2. The molecule has 0 aliphatic rings. The first kappa shape index (κ1) is 61.2. The van der Waals surface area contributed by atoms with Gasteiger partial charge in [-0.2, -0.15) is 0 Å². The highest BCUT2D eigenvalue weighted by Gasteiger charge is 2.28. The van der Waals surface area contributed by atoms with Crippen molar-refractivity contribution < 1.29 is 32.9 Å². The van der Waals surface area contributed by atoms with Crippen molar-refractivity contribution in [3.8, 4) is 0 Å². The molecule has 0 bridgehead atoms. The molecule has 370 valence electrons. The van der Waals surface area contributed by atoms with E-state index in [9.17, 15) is 19.4 Å². The predicted octanol–water partition coefficient (Wildman–Crippen LogP) is 15.9. The number of hydrogen-bond donors (Lipinski definition) is 3. The second-order valence-corrected chi connectivity index (χ2v) is 21.4. The van der Waals surface area contributed by atoms with Gasteiger partial charge in [0.25, 0.3) is 0 Å². The SMILES string of the molecule is CCCCCCCCCC/C=C\CCCCCCCCCCCCCCCCCCCCCCCC(=O)NC(COP(=O)(O)OCC[N+](C)(C)C)C(O)CCCCCCCCC. The first-order chi connectivity index (χ1) is 30.0. The average Bonchev–Trinajstić information content (AvgIpc) is 3.23. The number of allylic oxidation sites excluding steroid dienone is 2. The summed E-state index contributed by atoms with van der Waals surface area (Å²) in [5.41, 5.74) is 0. The number of phosphoric ester groups is 1. The largest absolute Gasteiger partial charge is 0.472 e. The van der Waals surface area contributed by atoms with E-state index in [1.165, 1.54) is 205 Å². The smallest absolute Gasteiger partial charge is 0.391 e. The van der Waals surface area contributed by atoms with Gasteiger partial charge in [0.1, 0.15) is 13.2 Å². The maximum atomic E-state index is 12.9. The van der Waals surface area contributed by atoms with Gasteiger partial charge in [0, 0.05) is 6.42 Å². The van der Waals surface area contributed by atoms with E-state index >= 15 is 0 Å². The first-order valence-electron chi connectivity index (χ1n) is 27.1. The topological polar surface area (TPSA) is 105 Å². The summed E-state index contributed by atoms with van der Waals surface area (Å²) in [6.45, 7) is 4.86. The number of phosphoric acid groups is 1. The molecule has 62 heavy (non-hydrogen) atoms. The molecule has 0 radical (unpaired) electrons. The van der Waals surface area contributed by atoms with Crippen molar-refractivity contribution >= 4 is 13.7 Å². The number of likely N-dealkylation sites (N-methyl/N-ethyl adjacent to an activating group) is 1. The highest BCUT2D eigenvalue weighted by Crippen LogP contribution is 2.43. The fourth-order valence-electron chi connectivity index (χ4n) is 8.22. The Morgan fingerprint density at radius 1 is 0.532 bits per heavy atom. The van der Waals surface area contributed by atoms with Crippen LogP contribution in [0.25, 0.3) is 0 Å². The summed E-state index contributed by atoms with van der Waals surface area (Å²) in [5.74, 6) is -0.144. The molecule has 1 amide bonds. The van der Waals surface area contributed by atoms with Crippen LogP contribution in [0.1, 0.15) is 271 Å². The first-order valence-corrected chi connectivity index (χ1v) is 28.5. The van der Waals surface area contributed by atoms with E-state index in [0.717, 1.165) is 38.5 Å². The van der Waals surface area contributed by atoms with E-state index in [1.54, 1.807) is 0 Å². The highest BCUT2D eigenvalue weighted by molar-refractivity contribution is 7.47. The molecule has 8 nitrogen and oxygen atoms in total. The molecular weight excluding hydrogens is 792 g/mol. The number of quaternary nitrogens is 1. The molecule has 0 rings (SSSR count). The Balaban J connectivity index is 3.81. The second-order valence-electron chi connectivity index (χ2n) is 20.0. The van der Waals surface area contributed by atoms with Gasteiger partial charge in [0.2, 0.25) is 5.91 Å². The summed E-state index contributed by atoms with van der Waals surface area (Å²) < 4.78 is 23.6. The van der Waals surface area contributed by atoms with Crippen LogP contribution < -0.4 is 5.32 Å². The molecule has 0 aliphatic heterocycles. The number of nitrogens with zero attached hydrogens (tertiary/aromatic N) is 1. The minimum atomic E-state index is -4.30. The molecule has 3 atom stereocenters. The van der Waals surface area contributed by atoms with Gasteiger partial charge in [-0.15, -0.1) is 0 Å². The number of carbonyl (C=O) groups excluding carboxylic acids is 1. The van der Waals surface area contributed by atoms with Gasteiger partial charge in [0.05, 0.1) is 39.9 Å². The zero-order valence-electron chi connectivity index (χ0n) is 42.1. The number of unbranched alkanes of at least 4 members (excludes halogenated alkanes) is 35. The lowest BCUT2D eigenvalue weighted by molar-refractivity contribution is -0.870. The number of nitrogens with one attached hydrogen (secondary N) is 1. The fraction of sp³-hybridized carbons (Fsp3) is 0.943. The Morgan fingerprint density at radius 3 is 1.24 bits per heavy atom. The summed E-state index contributed by atoms with van der Waals surface area (Å²) in [4.78, 5) is 23.1.